The minimum Gasteiger partial charge on any atom is -0.508 e. The molecule has 2 aromatic carbocycles. The third kappa shape index (κ3) is 2.87. The summed E-state index contributed by atoms with van der Waals surface area (Å²) in [5.41, 5.74) is 4.79. The zero-order valence-electron chi connectivity index (χ0n) is 13.9. The van der Waals surface area contributed by atoms with E-state index in [0.717, 1.165) is 18.5 Å². The summed E-state index contributed by atoms with van der Waals surface area (Å²) in [6, 6.07) is 12.5. The van der Waals surface area contributed by atoms with Crippen molar-refractivity contribution in [1.29, 1.82) is 0 Å². The largest absolute Gasteiger partial charge is 0.508 e. The number of aromatic amines is 1. The SMILES string of the molecule is Cc1[nH]n(-c2ccc3c(c2)CCC3)c(=O)c1N=Nc1ccc(O)cc1. The van der Waals surface area contributed by atoms with E-state index in [4.69, 9.17) is 0 Å². The second kappa shape index (κ2) is 6.05. The van der Waals surface area contributed by atoms with E-state index in [1.54, 1.807) is 19.1 Å². The van der Waals surface area contributed by atoms with Crippen molar-refractivity contribution in [2.45, 2.75) is 26.2 Å². The number of nitrogens with one attached hydrogen (secondary N) is 1. The Balaban J connectivity index is 1.69. The Kier molecular flexibility index (Phi) is 3.72. The van der Waals surface area contributed by atoms with Gasteiger partial charge in [0, 0.05) is 0 Å². The third-order valence-corrected chi connectivity index (χ3v) is 4.50. The van der Waals surface area contributed by atoms with Crippen LogP contribution in [0.5, 0.6) is 5.75 Å². The Morgan fingerprint density at radius 3 is 2.60 bits per heavy atom. The molecular weight excluding hydrogens is 316 g/mol. The first kappa shape index (κ1) is 15.4. The molecule has 4 rings (SSSR count). The zero-order valence-corrected chi connectivity index (χ0v) is 13.9. The fourth-order valence-corrected chi connectivity index (χ4v) is 3.16. The smallest absolute Gasteiger partial charge is 0.299 e. The molecule has 0 aliphatic heterocycles. The number of phenols is 1. The zero-order chi connectivity index (χ0) is 17.4. The average molecular weight is 334 g/mol. The molecule has 0 atom stereocenters. The molecule has 0 radical (unpaired) electrons. The van der Waals surface area contributed by atoms with Gasteiger partial charge < -0.3 is 5.11 Å². The van der Waals surface area contributed by atoms with Crippen LogP contribution in [0.2, 0.25) is 0 Å². The standard InChI is InChI=1S/C19H18N4O2/c1-12-18(21-20-15-6-9-17(24)10-7-15)19(25)23(22-12)16-8-5-13-3-2-4-14(13)11-16/h5-11,22,24H,2-4H2,1H3. The number of aryl methyl sites for hydroxylation is 3. The Morgan fingerprint density at radius 2 is 1.80 bits per heavy atom. The summed E-state index contributed by atoms with van der Waals surface area (Å²) in [4.78, 5) is 12.7. The Bertz CT molecular complexity index is 1010. The number of nitrogens with zero attached hydrogens (tertiary/aromatic N) is 3. The molecule has 1 aliphatic rings. The number of hydrogen-bond acceptors (Lipinski definition) is 4. The quantitative estimate of drug-likeness (QED) is 0.707. The van der Waals surface area contributed by atoms with Crippen molar-refractivity contribution >= 4 is 11.4 Å². The van der Waals surface area contributed by atoms with Crippen molar-refractivity contribution in [3.8, 4) is 11.4 Å². The number of aromatic hydroxyl groups is 1. The van der Waals surface area contributed by atoms with Crippen molar-refractivity contribution in [1.82, 2.24) is 9.78 Å². The second-order valence-electron chi connectivity index (χ2n) is 6.25. The molecular formula is C19H18N4O2. The molecule has 3 aromatic rings. The van der Waals surface area contributed by atoms with Gasteiger partial charge in [0.1, 0.15) is 5.75 Å². The number of H-pyrrole nitrogens is 1. The van der Waals surface area contributed by atoms with Crippen LogP contribution in [0.1, 0.15) is 23.2 Å². The first-order chi connectivity index (χ1) is 12.1. The van der Waals surface area contributed by atoms with Crippen molar-refractivity contribution < 1.29 is 5.11 Å². The monoisotopic (exact) mass is 334 g/mol. The molecule has 0 spiro atoms. The van der Waals surface area contributed by atoms with E-state index in [1.807, 2.05) is 6.07 Å². The summed E-state index contributed by atoms with van der Waals surface area (Å²) in [7, 11) is 0. The van der Waals surface area contributed by atoms with Gasteiger partial charge in [-0.15, -0.1) is 5.11 Å². The minimum atomic E-state index is -0.224. The molecule has 1 heterocycles. The lowest BCUT2D eigenvalue weighted by Gasteiger charge is -2.04. The van der Waals surface area contributed by atoms with Crippen LogP contribution in [0.25, 0.3) is 5.69 Å². The fourth-order valence-electron chi connectivity index (χ4n) is 3.16. The summed E-state index contributed by atoms with van der Waals surface area (Å²) in [6.07, 6.45) is 3.34. The first-order valence-corrected chi connectivity index (χ1v) is 8.26. The number of benzene rings is 2. The van der Waals surface area contributed by atoms with Crippen LogP contribution in [-0.2, 0) is 12.8 Å². The van der Waals surface area contributed by atoms with Gasteiger partial charge in [-0.05, 0) is 73.7 Å². The summed E-state index contributed by atoms with van der Waals surface area (Å²) in [5.74, 6) is 0.163. The lowest BCUT2D eigenvalue weighted by molar-refractivity contribution is 0.475. The molecule has 126 valence electrons. The van der Waals surface area contributed by atoms with Gasteiger partial charge in [0.2, 0.25) is 0 Å². The van der Waals surface area contributed by atoms with E-state index in [-0.39, 0.29) is 17.0 Å². The molecule has 0 amide bonds. The van der Waals surface area contributed by atoms with Crippen molar-refractivity contribution in [3.05, 3.63) is 69.6 Å². The molecule has 6 heteroatoms. The highest BCUT2D eigenvalue weighted by molar-refractivity contribution is 5.47. The van der Waals surface area contributed by atoms with Gasteiger partial charge in [-0.3, -0.25) is 9.89 Å². The first-order valence-electron chi connectivity index (χ1n) is 8.26. The Morgan fingerprint density at radius 1 is 1.04 bits per heavy atom. The van der Waals surface area contributed by atoms with Crippen LogP contribution < -0.4 is 5.56 Å². The summed E-state index contributed by atoms with van der Waals surface area (Å²) < 4.78 is 1.51. The van der Waals surface area contributed by atoms with Crippen molar-refractivity contribution in [2.24, 2.45) is 10.2 Å². The highest BCUT2D eigenvalue weighted by atomic mass is 16.3. The highest BCUT2D eigenvalue weighted by Crippen LogP contribution is 2.25. The summed E-state index contributed by atoms with van der Waals surface area (Å²) >= 11 is 0. The Labute approximate surface area is 144 Å². The van der Waals surface area contributed by atoms with Gasteiger partial charge >= 0.3 is 0 Å². The molecule has 0 saturated heterocycles. The number of hydrogen-bond donors (Lipinski definition) is 2. The van der Waals surface area contributed by atoms with Crippen LogP contribution >= 0.6 is 0 Å². The van der Waals surface area contributed by atoms with Crippen LogP contribution in [0.3, 0.4) is 0 Å². The van der Waals surface area contributed by atoms with Crippen LogP contribution in [0.4, 0.5) is 11.4 Å². The maximum absolute atomic E-state index is 12.7. The van der Waals surface area contributed by atoms with Gasteiger partial charge in [0.15, 0.2) is 5.69 Å². The van der Waals surface area contributed by atoms with Crippen LogP contribution in [-0.4, -0.2) is 14.9 Å². The number of rotatable bonds is 3. The number of fused-ring (bicyclic) bond motifs is 1. The topological polar surface area (TPSA) is 82.7 Å². The highest BCUT2D eigenvalue weighted by Gasteiger charge is 2.15. The van der Waals surface area contributed by atoms with E-state index in [0.29, 0.717) is 11.4 Å². The predicted molar refractivity (Wildman–Crippen MR) is 95.4 cm³/mol. The van der Waals surface area contributed by atoms with Gasteiger partial charge in [-0.25, -0.2) is 4.68 Å². The number of azo groups is 1. The van der Waals surface area contributed by atoms with Gasteiger partial charge in [0.05, 0.1) is 17.1 Å². The van der Waals surface area contributed by atoms with Crippen molar-refractivity contribution in [3.63, 3.8) is 0 Å². The summed E-state index contributed by atoms with van der Waals surface area (Å²) in [6.45, 7) is 1.80. The molecule has 0 fully saturated rings. The normalized spacial score (nSPS) is 13.5. The average Bonchev–Trinajstić information content (AvgIpc) is 3.19. The lowest BCUT2D eigenvalue weighted by atomic mass is 10.1. The Hall–Kier alpha value is -3.15. The minimum absolute atomic E-state index is 0.163. The predicted octanol–water partition coefficient (Wildman–Crippen LogP) is 4.08. The van der Waals surface area contributed by atoms with E-state index in [1.165, 1.54) is 34.4 Å². The molecule has 1 aliphatic carbocycles. The molecule has 2 N–H and O–H groups in total. The number of phenolic OH excluding ortho intramolecular Hbond substituents is 1. The number of aromatic nitrogens is 2. The molecule has 25 heavy (non-hydrogen) atoms. The second-order valence-corrected chi connectivity index (χ2v) is 6.25. The van der Waals surface area contributed by atoms with Crippen molar-refractivity contribution in [2.75, 3.05) is 0 Å². The third-order valence-electron chi connectivity index (χ3n) is 4.50. The molecule has 0 saturated carbocycles. The van der Waals surface area contributed by atoms with Gasteiger partial charge in [0.25, 0.3) is 5.56 Å². The maximum Gasteiger partial charge on any atom is 0.299 e. The summed E-state index contributed by atoms with van der Waals surface area (Å²) in [5, 5.41) is 20.6. The van der Waals surface area contributed by atoms with E-state index in [2.05, 4.69) is 27.5 Å². The molecule has 1 aromatic heterocycles. The molecule has 0 unspecified atom stereocenters. The van der Waals surface area contributed by atoms with Crippen LogP contribution in [0, 0.1) is 6.92 Å². The van der Waals surface area contributed by atoms with Crippen LogP contribution in [0.15, 0.2) is 57.5 Å². The van der Waals surface area contributed by atoms with E-state index < -0.39 is 0 Å². The fraction of sp³-hybridized carbons (Fsp3) is 0.211. The van der Waals surface area contributed by atoms with Gasteiger partial charge in [-0.1, -0.05) is 6.07 Å². The van der Waals surface area contributed by atoms with E-state index in [9.17, 15) is 9.90 Å². The van der Waals surface area contributed by atoms with Gasteiger partial charge in [-0.2, -0.15) is 5.11 Å². The molecule has 0 bridgehead atoms. The lowest BCUT2D eigenvalue weighted by Crippen LogP contribution is -2.14. The maximum atomic E-state index is 12.7. The van der Waals surface area contributed by atoms with E-state index >= 15 is 0 Å². The molecule has 6 nitrogen and oxygen atoms in total.